The van der Waals surface area contributed by atoms with E-state index in [1.807, 2.05) is 6.92 Å². The van der Waals surface area contributed by atoms with Crippen molar-refractivity contribution in [1.29, 1.82) is 0 Å². The summed E-state index contributed by atoms with van der Waals surface area (Å²) in [6.07, 6.45) is 0. The van der Waals surface area contributed by atoms with Gasteiger partial charge in [-0.3, -0.25) is 0 Å². The number of aromatic hydroxyl groups is 1. The zero-order valence-corrected chi connectivity index (χ0v) is 9.42. The van der Waals surface area contributed by atoms with Crippen molar-refractivity contribution in [2.24, 2.45) is 0 Å². The molecule has 0 saturated carbocycles. The molecule has 1 N–H and O–H groups in total. The molecule has 16 heavy (non-hydrogen) atoms. The lowest BCUT2D eigenvalue weighted by molar-refractivity contribution is 0.469. The van der Waals surface area contributed by atoms with Crippen LogP contribution in [0.2, 0.25) is 5.02 Å². The summed E-state index contributed by atoms with van der Waals surface area (Å²) in [4.78, 5) is 0. The Morgan fingerprint density at radius 2 is 1.88 bits per heavy atom. The molecule has 0 aliphatic heterocycles. The molecule has 3 heteroatoms. The van der Waals surface area contributed by atoms with E-state index in [9.17, 15) is 4.39 Å². The summed E-state index contributed by atoms with van der Waals surface area (Å²) in [5, 5.41) is 9.74. The van der Waals surface area contributed by atoms with E-state index in [4.69, 9.17) is 16.7 Å². The van der Waals surface area contributed by atoms with Crippen LogP contribution in [-0.2, 0) is 0 Å². The topological polar surface area (TPSA) is 20.2 Å². The Labute approximate surface area is 98.1 Å². The molecular weight excluding hydrogens is 227 g/mol. The smallest absolute Gasteiger partial charge is 0.134 e. The Kier molecular flexibility index (Phi) is 2.84. The monoisotopic (exact) mass is 236 g/mol. The van der Waals surface area contributed by atoms with Crippen molar-refractivity contribution in [2.75, 3.05) is 0 Å². The van der Waals surface area contributed by atoms with Gasteiger partial charge < -0.3 is 5.11 Å². The molecule has 82 valence electrons. The number of halogens is 2. The standard InChI is InChI=1S/C13H10ClFO/c1-8-10(3-2-4-12(8)14)11-6-5-9(16)7-13(11)15/h2-7,16H,1H3. The van der Waals surface area contributed by atoms with E-state index in [1.54, 1.807) is 24.3 Å². The summed E-state index contributed by atoms with van der Waals surface area (Å²) in [5.41, 5.74) is 2.01. The first-order valence-electron chi connectivity index (χ1n) is 4.83. The SMILES string of the molecule is Cc1c(Cl)cccc1-c1ccc(O)cc1F. The van der Waals surface area contributed by atoms with Gasteiger partial charge in [-0.1, -0.05) is 23.7 Å². The van der Waals surface area contributed by atoms with Crippen molar-refractivity contribution in [3.63, 3.8) is 0 Å². The van der Waals surface area contributed by atoms with Crippen LogP contribution in [-0.4, -0.2) is 5.11 Å². The molecule has 0 aliphatic rings. The second-order valence-electron chi connectivity index (χ2n) is 3.58. The number of phenols is 1. The first kappa shape index (κ1) is 11.0. The van der Waals surface area contributed by atoms with Crippen LogP contribution in [0.4, 0.5) is 4.39 Å². The lowest BCUT2D eigenvalue weighted by Crippen LogP contribution is -1.88. The fraction of sp³-hybridized carbons (Fsp3) is 0.0769. The third-order valence-corrected chi connectivity index (χ3v) is 2.92. The number of hydrogen-bond acceptors (Lipinski definition) is 1. The maximum atomic E-state index is 13.6. The highest BCUT2D eigenvalue weighted by molar-refractivity contribution is 6.31. The predicted octanol–water partition coefficient (Wildman–Crippen LogP) is 4.16. The highest BCUT2D eigenvalue weighted by atomic mass is 35.5. The van der Waals surface area contributed by atoms with Crippen molar-refractivity contribution < 1.29 is 9.50 Å². The molecule has 0 spiro atoms. The molecule has 0 aromatic heterocycles. The molecular formula is C13H10ClFO. The minimum absolute atomic E-state index is 0.0825. The van der Waals surface area contributed by atoms with E-state index < -0.39 is 5.82 Å². The van der Waals surface area contributed by atoms with Crippen LogP contribution in [0.15, 0.2) is 36.4 Å². The molecule has 0 fully saturated rings. The number of rotatable bonds is 1. The molecule has 0 amide bonds. The summed E-state index contributed by atoms with van der Waals surface area (Å²) in [7, 11) is 0. The molecule has 0 bridgehead atoms. The van der Waals surface area contributed by atoms with Crippen LogP contribution in [0.1, 0.15) is 5.56 Å². The molecule has 2 rings (SSSR count). The second kappa shape index (κ2) is 4.14. The Hall–Kier alpha value is -1.54. The molecule has 0 heterocycles. The summed E-state index contributed by atoms with van der Waals surface area (Å²) in [6, 6.07) is 9.43. The maximum Gasteiger partial charge on any atom is 0.134 e. The maximum absolute atomic E-state index is 13.6. The minimum Gasteiger partial charge on any atom is -0.508 e. The number of phenolic OH excluding ortho intramolecular Hbond substituents is 1. The highest BCUT2D eigenvalue weighted by Crippen LogP contribution is 2.31. The molecule has 2 aromatic rings. The van der Waals surface area contributed by atoms with Gasteiger partial charge in [0.15, 0.2) is 0 Å². The van der Waals surface area contributed by atoms with Gasteiger partial charge in [0, 0.05) is 16.7 Å². The van der Waals surface area contributed by atoms with Crippen molar-refractivity contribution in [1.82, 2.24) is 0 Å². The Bertz CT molecular complexity index is 537. The zero-order valence-electron chi connectivity index (χ0n) is 8.67. The Morgan fingerprint density at radius 1 is 1.12 bits per heavy atom. The lowest BCUT2D eigenvalue weighted by Gasteiger charge is -2.08. The third-order valence-electron chi connectivity index (χ3n) is 2.51. The van der Waals surface area contributed by atoms with Gasteiger partial charge in [-0.2, -0.15) is 0 Å². The van der Waals surface area contributed by atoms with Crippen LogP contribution in [0, 0.1) is 12.7 Å². The van der Waals surface area contributed by atoms with Gasteiger partial charge in [-0.05, 0) is 36.2 Å². The normalized spacial score (nSPS) is 10.4. The molecule has 0 unspecified atom stereocenters. The van der Waals surface area contributed by atoms with E-state index in [0.29, 0.717) is 10.6 Å². The summed E-state index contributed by atoms with van der Waals surface area (Å²) < 4.78 is 13.6. The van der Waals surface area contributed by atoms with Gasteiger partial charge in [0.05, 0.1) is 0 Å². The molecule has 0 radical (unpaired) electrons. The molecule has 0 aliphatic carbocycles. The average molecular weight is 237 g/mol. The van der Waals surface area contributed by atoms with Crippen molar-refractivity contribution >= 4 is 11.6 Å². The quantitative estimate of drug-likeness (QED) is 0.788. The third kappa shape index (κ3) is 1.89. The highest BCUT2D eigenvalue weighted by Gasteiger charge is 2.09. The molecule has 0 atom stereocenters. The fourth-order valence-corrected chi connectivity index (χ4v) is 1.80. The van der Waals surface area contributed by atoms with Gasteiger partial charge >= 0.3 is 0 Å². The van der Waals surface area contributed by atoms with E-state index in [0.717, 1.165) is 17.2 Å². The van der Waals surface area contributed by atoms with Crippen LogP contribution in [0.5, 0.6) is 5.75 Å². The van der Waals surface area contributed by atoms with Crippen LogP contribution in [0.25, 0.3) is 11.1 Å². The van der Waals surface area contributed by atoms with Crippen molar-refractivity contribution in [3.05, 3.63) is 52.8 Å². The van der Waals surface area contributed by atoms with Gasteiger partial charge in [0.1, 0.15) is 11.6 Å². The fourth-order valence-electron chi connectivity index (χ4n) is 1.62. The van der Waals surface area contributed by atoms with Crippen molar-refractivity contribution in [3.8, 4) is 16.9 Å². The predicted molar refractivity (Wildman–Crippen MR) is 63.2 cm³/mol. The lowest BCUT2D eigenvalue weighted by atomic mass is 10.00. The van der Waals surface area contributed by atoms with Gasteiger partial charge in [0.25, 0.3) is 0 Å². The molecule has 2 aromatic carbocycles. The van der Waals surface area contributed by atoms with Crippen LogP contribution >= 0.6 is 11.6 Å². The Morgan fingerprint density at radius 3 is 2.56 bits per heavy atom. The van der Waals surface area contributed by atoms with E-state index >= 15 is 0 Å². The van der Waals surface area contributed by atoms with E-state index in [1.165, 1.54) is 6.07 Å². The molecule has 1 nitrogen and oxygen atoms in total. The van der Waals surface area contributed by atoms with Gasteiger partial charge in [0.2, 0.25) is 0 Å². The van der Waals surface area contributed by atoms with Crippen LogP contribution < -0.4 is 0 Å². The minimum atomic E-state index is -0.453. The van der Waals surface area contributed by atoms with Crippen molar-refractivity contribution in [2.45, 2.75) is 6.92 Å². The average Bonchev–Trinajstić information content (AvgIpc) is 2.23. The van der Waals surface area contributed by atoms with E-state index in [2.05, 4.69) is 0 Å². The number of benzene rings is 2. The first-order valence-corrected chi connectivity index (χ1v) is 5.21. The second-order valence-corrected chi connectivity index (χ2v) is 3.98. The zero-order chi connectivity index (χ0) is 11.7. The van der Waals surface area contributed by atoms with Gasteiger partial charge in [-0.25, -0.2) is 4.39 Å². The summed E-state index contributed by atoms with van der Waals surface area (Å²) >= 11 is 5.98. The largest absolute Gasteiger partial charge is 0.508 e. The van der Waals surface area contributed by atoms with Crippen LogP contribution in [0.3, 0.4) is 0 Å². The van der Waals surface area contributed by atoms with Gasteiger partial charge in [-0.15, -0.1) is 0 Å². The summed E-state index contributed by atoms with van der Waals surface area (Å²) in [5.74, 6) is -0.536. The Balaban J connectivity index is 2.63. The van der Waals surface area contributed by atoms with E-state index in [-0.39, 0.29) is 5.75 Å². The number of hydrogen-bond donors (Lipinski definition) is 1. The summed E-state index contributed by atoms with van der Waals surface area (Å²) in [6.45, 7) is 1.84. The first-order chi connectivity index (χ1) is 7.59. The molecule has 0 saturated heterocycles.